The molecular weight excluding hydrogens is 366 g/mol. The maximum Gasteiger partial charge on any atom is 0.355 e. The number of halogens is 1. The second kappa shape index (κ2) is 9.00. The van der Waals surface area contributed by atoms with Gasteiger partial charge in [-0.25, -0.2) is 9.59 Å². The van der Waals surface area contributed by atoms with E-state index in [1.807, 2.05) is 0 Å². The summed E-state index contributed by atoms with van der Waals surface area (Å²) < 4.78 is 25.5. The van der Waals surface area contributed by atoms with Crippen molar-refractivity contribution in [3.8, 4) is 0 Å². The summed E-state index contributed by atoms with van der Waals surface area (Å²) in [5, 5.41) is 0.428. The van der Waals surface area contributed by atoms with E-state index in [-0.39, 0.29) is 24.6 Å². The van der Waals surface area contributed by atoms with E-state index >= 15 is 0 Å². The molecule has 0 fully saturated rings. The molecule has 26 heavy (non-hydrogen) atoms. The van der Waals surface area contributed by atoms with Gasteiger partial charge >= 0.3 is 11.9 Å². The number of hydrogen-bond acceptors (Lipinski definition) is 8. The minimum absolute atomic E-state index is 0.0383. The van der Waals surface area contributed by atoms with Crippen LogP contribution >= 0.6 is 11.6 Å². The molecule has 0 aliphatic carbocycles. The Morgan fingerprint density at radius 1 is 1.12 bits per heavy atom. The van der Waals surface area contributed by atoms with Crippen LogP contribution in [0.4, 0.5) is 5.69 Å². The zero-order valence-corrected chi connectivity index (χ0v) is 15.7. The van der Waals surface area contributed by atoms with E-state index in [0.717, 1.165) is 0 Å². The predicted molar refractivity (Wildman–Crippen MR) is 92.6 cm³/mol. The number of rotatable bonds is 6. The lowest BCUT2D eigenvalue weighted by Gasteiger charge is -2.32. The SMILES string of the molecule is COC(=O)C1=C(C(=O)OC)N(c2ccc(Cl)c(C(OC)OC)c2)COC1. The van der Waals surface area contributed by atoms with Gasteiger partial charge in [-0.1, -0.05) is 11.6 Å². The van der Waals surface area contributed by atoms with Gasteiger partial charge in [0.05, 0.1) is 26.4 Å². The number of anilines is 1. The van der Waals surface area contributed by atoms with Crippen LogP contribution in [0.1, 0.15) is 11.9 Å². The molecule has 1 aliphatic heterocycles. The largest absolute Gasteiger partial charge is 0.466 e. The Hall–Kier alpha value is -2.13. The predicted octanol–water partition coefficient (Wildman–Crippen LogP) is 2.03. The number of nitrogens with zero attached hydrogens (tertiary/aromatic N) is 1. The average molecular weight is 386 g/mol. The Morgan fingerprint density at radius 3 is 2.35 bits per heavy atom. The number of methoxy groups -OCH3 is 4. The molecule has 2 rings (SSSR count). The first-order chi connectivity index (χ1) is 12.5. The van der Waals surface area contributed by atoms with E-state index < -0.39 is 18.2 Å². The molecule has 1 aromatic rings. The van der Waals surface area contributed by atoms with Crippen LogP contribution in [0.25, 0.3) is 0 Å². The number of hydrogen-bond donors (Lipinski definition) is 0. The average Bonchev–Trinajstić information content (AvgIpc) is 2.68. The van der Waals surface area contributed by atoms with Crippen LogP contribution in [0.3, 0.4) is 0 Å². The molecule has 0 N–H and O–H groups in total. The molecule has 1 heterocycles. The first-order valence-corrected chi connectivity index (χ1v) is 7.96. The molecule has 8 nitrogen and oxygen atoms in total. The van der Waals surface area contributed by atoms with Gasteiger partial charge in [0, 0.05) is 30.5 Å². The number of ether oxygens (including phenoxy) is 5. The molecule has 0 aromatic heterocycles. The van der Waals surface area contributed by atoms with Crippen molar-refractivity contribution in [2.75, 3.05) is 46.7 Å². The van der Waals surface area contributed by atoms with Crippen molar-refractivity contribution in [3.05, 3.63) is 40.1 Å². The highest BCUT2D eigenvalue weighted by Crippen LogP contribution is 2.33. The normalized spacial score (nSPS) is 14.6. The maximum atomic E-state index is 12.3. The highest BCUT2D eigenvalue weighted by molar-refractivity contribution is 6.31. The number of carbonyl (C=O) groups excluding carboxylic acids is 2. The zero-order valence-electron chi connectivity index (χ0n) is 14.9. The minimum Gasteiger partial charge on any atom is -0.466 e. The first kappa shape index (κ1) is 20.2. The van der Waals surface area contributed by atoms with Crippen molar-refractivity contribution in [1.82, 2.24) is 0 Å². The molecular formula is C17H20ClNO7. The third-order valence-corrected chi connectivity index (χ3v) is 4.15. The van der Waals surface area contributed by atoms with Crippen LogP contribution in [0.15, 0.2) is 29.5 Å². The van der Waals surface area contributed by atoms with E-state index in [2.05, 4.69) is 0 Å². The third-order valence-electron chi connectivity index (χ3n) is 3.81. The smallest absolute Gasteiger partial charge is 0.355 e. The molecule has 9 heteroatoms. The van der Waals surface area contributed by atoms with Gasteiger partial charge < -0.3 is 28.6 Å². The second-order valence-corrected chi connectivity index (χ2v) is 5.63. The van der Waals surface area contributed by atoms with Gasteiger partial charge in [-0.2, -0.15) is 0 Å². The van der Waals surface area contributed by atoms with Crippen LogP contribution in [-0.4, -0.2) is 53.7 Å². The lowest BCUT2D eigenvalue weighted by atomic mass is 10.1. The second-order valence-electron chi connectivity index (χ2n) is 5.23. The maximum absolute atomic E-state index is 12.3. The summed E-state index contributed by atoms with van der Waals surface area (Å²) in [6.45, 7) is -0.0244. The van der Waals surface area contributed by atoms with E-state index in [1.165, 1.54) is 33.3 Å². The minimum atomic E-state index is -0.696. The molecule has 1 aromatic carbocycles. The van der Waals surface area contributed by atoms with Crippen molar-refractivity contribution in [1.29, 1.82) is 0 Å². The standard InChI is InChI=1S/C17H20ClNO7/c1-22-15(20)12-8-26-9-19(14(12)16(21)23-2)10-5-6-13(18)11(7-10)17(24-3)25-4/h5-7,17H,8-9H2,1-4H3. The van der Waals surface area contributed by atoms with Crippen molar-refractivity contribution in [2.24, 2.45) is 0 Å². The number of benzene rings is 1. The van der Waals surface area contributed by atoms with E-state index in [0.29, 0.717) is 16.3 Å². The van der Waals surface area contributed by atoms with Crippen molar-refractivity contribution in [3.63, 3.8) is 0 Å². The van der Waals surface area contributed by atoms with Crippen LogP contribution in [0.5, 0.6) is 0 Å². The Labute approximate surface area is 156 Å². The van der Waals surface area contributed by atoms with E-state index in [9.17, 15) is 9.59 Å². The van der Waals surface area contributed by atoms with Crippen molar-refractivity contribution >= 4 is 29.2 Å². The highest BCUT2D eigenvalue weighted by atomic mass is 35.5. The fraction of sp³-hybridized carbons (Fsp3) is 0.412. The molecule has 0 spiro atoms. The summed E-state index contributed by atoms with van der Waals surface area (Å²) in [4.78, 5) is 25.9. The first-order valence-electron chi connectivity index (χ1n) is 7.58. The van der Waals surface area contributed by atoms with Crippen molar-refractivity contribution < 1.29 is 33.3 Å². The van der Waals surface area contributed by atoms with Crippen LogP contribution in [0, 0.1) is 0 Å². The van der Waals surface area contributed by atoms with Crippen LogP contribution in [0.2, 0.25) is 5.02 Å². The van der Waals surface area contributed by atoms with Gasteiger partial charge in [0.2, 0.25) is 0 Å². The molecule has 0 radical (unpaired) electrons. The Morgan fingerprint density at radius 2 is 1.77 bits per heavy atom. The molecule has 0 saturated carbocycles. The van der Waals surface area contributed by atoms with Gasteiger partial charge in [-0.05, 0) is 18.2 Å². The number of esters is 2. The monoisotopic (exact) mass is 385 g/mol. The summed E-state index contributed by atoms with van der Waals surface area (Å²) in [6.07, 6.45) is -0.696. The van der Waals surface area contributed by atoms with Crippen molar-refractivity contribution in [2.45, 2.75) is 6.29 Å². The van der Waals surface area contributed by atoms with Gasteiger partial charge in [0.15, 0.2) is 6.29 Å². The molecule has 0 atom stereocenters. The Kier molecular flexibility index (Phi) is 6.98. The quantitative estimate of drug-likeness (QED) is 0.543. The fourth-order valence-electron chi connectivity index (χ4n) is 2.58. The van der Waals surface area contributed by atoms with Crippen LogP contribution < -0.4 is 4.90 Å². The molecule has 0 bridgehead atoms. The summed E-state index contributed by atoms with van der Waals surface area (Å²) in [7, 11) is 5.43. The Balaban J connectivity index is 2.56. The third kappa shape index (κ3) is 3.99. The molecule has 142 valence electrons. The molecule has 1 aliphatic rings. The number of carbonyl (C=O) groups is 2. The topological polar surface area (TPSA) is 83.5 Å². The molecule has 0 unspecified atom stereocenters. The van der Waals surface area contributed by atoms with Gasteiger partial charge in [0.1, 0.15) is 12.4 Å². The van der Waals surface area contributed by atoms with Crippen LogP contribution in [-0.2, 0) is 33.3 Å². The lowest BCUT2D eigenvalue weighted by molar-refractivity contribution is -0.140. The van der Waals surface area contributed by atoms with E-state index in [4.69, 9.17) is 35.3 Å². The summed E-state index contributed by atoms with van der Waals surface area (Å²) >= 11 is 6.23. The van der Waals surface area contributed by atoms with Gasteiger partial charge in [0.25, 0.3) is 0 Å². The van der Waals surface area contributed by atoms with Gasteiger partial charge in [-0.3, -0.25) is 0 Å². The summed E-state index contributed by atoms with van der Waals surface area (Å²) in [6, 6.07) is 5.01. The molecule has 0 amide bonds. The summed E-state index contributed by atoms with van der Waals surface area (Å²) in [5.74, 6) is -1.35. The summed E-state index contributed by atoms with van der Waals surface area (Å²) in [5.41, 5.74) is 1.22. The Bertz CT molecular complexity index is 715. The molecule has 0 saturated heterocycles. The highest BCUT2D eigenvalue weighted by Gasteiger charge is 2.32. The lowest BCUT2D eigenvalue weighted by Crippen LogP contribution is -2.38. The zero-order chi connectivity index (χ0) is 19.3. The van der Waals surface area contributed by atoms with E-state index in [1.54, 1.807) is 18.2 Å². The fourth-order valence-corrected chi connectivity index (χ4v) is 2.78. The van der Waals surface area contributed by atoms with Gasteiger partial charge in [-0.15, -0.1) is 0 Å².